The monoisotopic (exact) mass is 410 g/mol. The van der Waals surface area contributed by atoms with Crippen LogP contribution < -0.4 is 5.32 Å². The molecule has 124 valence electrons. The molecule has 1 saturated carbocycles. The predicted molar refractivity (Wildman–Crippen MR) is 93.5 cm³/mol. The molecule has 0 atom stereocenters. The van der Waals surface area contributed by atoms with Crippen molar-refractivity contribution in [3.8, 4) is 0 Å². The van der Waals surface area contributed by atoms with Gasteiger partial charge in [0.25, 0.3) is 5.91 Å². The highest BCUT2D eigenvalue weighted by molar-refractivity contribution is 9.11. The average molecular weight is 411 g/mol. The van der Waals surface area contributed by atoms with Crippen LogP contribution in [0.5, 0.6) is 0 Å². The molecule has 1 amide bonds. The van der Waals surface area contributed by atoms with Gasteiger partial charge in [-0.05, 0) is 47.0 Å². The van der Waals surface area contributed by atoms with Gasteiger partial charge in [0.1, 0.15) is 17.3 Å². The molecule has 24 heavy (non-hydrogen) atoms. The molecule has 0 radical (unpaired) electrons. The molecule has 7 heteroatoms. The zero-order valence-electron chi connectivity index (χ0n) is 12.5. The number of fused-ring (bicyclic) bond motifs is 1. The summed E-state index contributed by atoms with van der Waals surface area (Å²) >= 11 is 4.96. The Balaban J connectivity index is 1.76. The number of thiophene rings is 1. The molecule has 1 aliphatic carbocycles. The van der Waals surface area contributed by atoms with E-state index in [2.05, 4.69) is 21.2 Å². The summed E-state index contributed by atoms with van der Waals surface area (Å²) in [7, 11) is 0. The summed E-state index contributed by atoms with van der Waals surface area (Å²) < 4.78 is 30.8. The standard InChI is InChI=1S/C17H13BrF2N2OS/c18-16-7-13-15(24-16)6-14(17(23)21-11-3-4-11)22(13)8-9-1-2-10(19)5-12(9)20/h1-2,5-7,11H,3-4,8H2,(H,21,23). The van der Waals surface area contributed by atoms with Gasteiger partial charge in [-0.15, -0.1) is 11.3 Å². The summed E-state index contributed by atoms with van der Waals surface area (Å²) in [6.45, 7) is 0.173. The van der Waals surface area contributed by atoms with E-state index in [1.165, 1.54) is 23.5 Å². The lowest BCUT2D eigenvalue weighted by atomic mass is 10.2. The number of hydrogen-bond acceptors (Lipinski definition) is 2. The number of amides is 1. The minimum absolute atomic E-state index is 0.153. The Labute approximate surface area is 149 Å². The van der Waals surface area contributed by atoms with Gasteiger partial charge < -0.3 is 9.88 Å². The average Bonchev–Trinajstić information content (AvgIpc) is 3.16. The van der Waals surface area contributed by atoms with Crippen molar-refractivity contribution in [3.05, 3.63) is 57.0 Å². The summed E-state index contributed by atoms with van der Waals surface area (Å²) in [6, 6.07) is 7.49. The Morgan fingerprint density at radius 1 is 1.29 bits per heavy atom. The largest absolute Gasteiger partial charge is 0.348 e. The number of rotatable bonds is 4. The van der Waals surface area contributed by atoms with Gasteiger partial charge in [-0.3, -0.25) is 4.79 Å². The van der Waals surface area contributed by atoms with Gasteiger partial charge in [0.05, 0.1) is 20.5 Å². The van der Waals surface area contributed by atoms with Gasteiger partial charge in [-0.2, -0.15) is 0 Å². The van der Waals surface area contributed by atoms with Crippen LogP contribution in [0.1, 0.15) is 28.9 Å². The van der Waals surface area contributed by atoms with Gasteiger partial charge >= 0.3 is 0 Å². The maximum absolute atomic E-state index is 14.0. The minimum Gasteiger partial charge on any atom is -0.348 e. The van der Waals surface area contributed by atoms with Gasteiger partial charge in [-0.1, -0.05) is 6.07 Å². The number of hydrogen-bond donors (Lipinski definition) is 1. The highest BCUT2D eigenvalue weighted by Crippen LogP contribution is 2.33. The third kappa shape index (κ3) is 2.98. The molecule has 0 bridgehead atoms. The molecule has 0 saturated heterocycles. The van der Waals surface area contributed by atoms with Crippen molar-refractivity contribution in [1.29, 1.82) is 0 Å². The van der Waals surface area contributed by atoms with Crippen molar-refractivity contribution < 1.29 is 13.6 Å². The molecule has 0 unspecified atom stereocenters. The second-order valence-corrected chi connectivity index (χ2v) is 8.36. The lowest BCUT2D eigenvalue weighted by Gasteiger charge is -2.11. The summed E-state index contributed by atoms with van der Waals surface area (Å²) in [4.78, 5) is 12.5. The first kappa shape index (κ1) is 15.8. The highest BCUT2D eigenvalue weighted by Gasteiger charge is 2.26. The summed E-state index contributed by atoms with van der Waals surface area (Å²) in [5.74, 6) is -1.38. The number of benzene rings is 1. The lowest BCUT2D eigenvalue weighted by molar-refractivity contribution is 0.0942. The van der Waals surface area contributed by atoms with Gasteiger partial charge in [0.2, 0.25) is 0 Å². The Kier molecular flexibility index (Phi) is 3.92. The fourth-order valence-electron chi connectivity index (χ4n) is 2.68. The van der Waals surface area contributed by atoms with E-state index in [4.69, 9.17) is 0 Å². The van der Waals surface area contributed by atoms with E-state index in [9.17, 15) is 13.6 Å². The molecule has 0 spiro atoms. The van der Waals surface area contributed by atoms with E-state index < -0.39 is 11.6 Å². The Morgan fingerprint density at radius 2 is 2.08 bits per heavy atom. The smallest absolute Gasteiger partial charge is 0.268 e. The van der Waals surface area contributed by atoms with E-state index in [-0.39, 0.29) is 18.5 Å². The summed E-state index contributed by atoms with van der Waals surface area (Å²) in [5, 5.41) is 2.96. The molecular weight excluding hydrogens is 398 g/mol. The second kappa shape index (κ2) is 5.97. The summed E-state index contributed by atoms with van der Waals surface area (Å²) in [5.41, 5.74) is 1.70. The molecule has 2 aromatic heterocycles. The maximum Gasteiger partial charge on any atom is 0.268 e. The van der Waals surface area contributed by atoms with E-state index in [1.807, 2.05) is 12.1 Å². The van der Waals surface area contributed by atoms with E-state index in [0.29, 0.717) is 11.3 Å². The molecule has 4 rings (SSSR count). The van der Waals surface area contributed by atoms with E-state index >= 15 is 0 Å². The van der Waals surface area contributed by atoms with Crippen LogP contribution in [-0.4, -0.2) is 16.5 Å². The Bertz CT molecular complexity index is 946. The minimum atomic E-state index is -0.612. The molecule has 0 aliphatic heterocycles. The first-order valence-corrected chi connectivity index (χ1v) is 9.15. The van der Waals surface area contributed by atoms with Crippen LogP contribution in [0.25, 0.3) is 10.2 Å². The number of aromatic nitrogens is 1. The van der Waals surface area contributed by atoms with Crippen LogP contribution in [0.15, 0.2) is 34.1 Å². The molecule has 2 heterocycles. The van der Waals surface area contributed by atoms with Crippen LogP contribution in [0, 0.1) is 11.6 Å². The van der Waals surface area contributed by atoms with Gasteiger partial charge in [-0.25, -0.2) is 8.78 Å². The fraction of sp³-hybridized carbons (Fsp3) is 0.235. The molecule has 1 N–H and O–H groups in total. The molecule has 3 nitrogen and oxygen atoms in total. The van der Waals surface area contributed by atoms with Crippen molar-refractivity contribution >= 4 is 43.4 Å². The molecular formula is C17H13BrF2N2OS. The first-order chi connectivity index (χ1) is 11.5. The lowest BCUT2D eigenvalue weighted by Crippen LogP contribution is -2.27. The fourth-order valence-corrected chi connectivity index (χ4v) is 4.24. The molecule has 1 aromatic carbocycles. The van der Waals surface area contributed by atoms with Crippen molar-refractivity contribution in [2.45, 2.75) is 25.4 Å². The number of carbonyl (C=O) groups is 1. The van der Waals surface area contributed by atoms with Crippen molar-refractivity contribution in [2.75, 3.05) is 0 Å². The van der Waals surface area contributed by atoms with Gasteiger partial charge in [0, 0.05) is 17.7 Å². The normalized spacial score (nSPS) is 14.3. The Hall–Kier alpha value is -1.73. The molecule has 1 aliphatic rings. The van der Waals surface area contributed by atoms with Crippen LogP contribution >= 0.6 is 27.3 Å². The van der Waals surface area contributed by atoms with Crippen LogP contribution in [0.4, 0.5) is 8.78 Å². The zero-order chi connectivity index (χ0) is 16.8. The van der Waals surface area contributed by atoms with Crippen LogP contribution in [0.2, 0.25) is 0 Å². The van der Waals surface area contributed by atoms with Crippen molar-refractivity contribution in [2.24, 2.45) is 0 Å². The van der Waals surface area contributed by atoms with Crippen LogP contribution in [0.3, 0.4) is 0 Å². The molecule has 1 fully saturated rings. The number of carbonyl (C=O) groups excluding carboxylic acids is 1. The number of nitrogens with one attached hydrogen (secondary N) is 1. The molecule has 3 aromatic rings. The van der Waals surface area contributed by atoms with E-state index in [1.54, 1.807) is 4.57 Å². The zero-order valence-corrected chi connectivity index (χ0v) is 14.9. The van der Waals surface area contributed by atoms with E-state index in [0.717, 1.165) is 32.9 Å². The third-order valence-electron chi connectivity index (χ3n) is 4.05. The SMILES string of the molecule is O=C(NC1CC1)c1cc2sc(Br)cc2n1Cc1ccc(F)cc1F. The topological polar surface area (TPSA) is 34.0 Å². The number of halogens is 3. The van der Waals surface area contributed by atoms with Gasteiger partial charge in [0.15, 0.2) is 0 Å². The predicted octanol–water partition coefficient (Wildman–Crippen LogP) is 4.68. The first-order valence-electron chi connectivity index (χ1n) is 7.54. The highest BCUT2D eigenvalue weighted by atomic mass is 79.9. The van der Waals surface area contributed by atoms with Crippen LogP contribution in [-0.2, 0) is 6.54 Å². The third-order valence-corrected chi connectivity index (χ3v) is 5.62. The van der Waals surface area contributed by atoms with Crippen molar-refractivity contribution in [1.82, 2.24) is 9.88 Å². The quantitative estimate of drug-likeness (QED) is 0.665. The summed E-state index contributed by atoms with van der Waals surface area (Å²) in [6.07, 6.45) is 2.00. The Morgan fingerprint density at radius 3 is 2.79 bits per heavy atom. The second-order valence-electron chi connectivity index (χ2n) is 5.90. The van der Waals surface area contributed by atoms with Crippen molar-refractivity contribution in [3.63, 3.8) is 0 Å². The maximum atomic E-state index is 14.0. The number of nitrogens with zero attached hydrogens (tertiary/aromatic N) is 1.